The molecule has 0 saturated carbocycles. The first kappa shape index (κ1) is 12.4. The highest BCUT2D eigenvalue weighted by atomic mass is 16.1. The summed E-state index contributed by atoms with van der Waals surface area (Å²) in [6.07, 6.45) is 0.477. The predicted molar refractivity (Wildman–Crippen MR) is 80.2 cm³/mol. The van der Waals surface area contributed by atoms with E-state index in [1.54, 1.807) is 6.92 Å². The zero-order valence-electron chi connectivity index (χ0n) is 11.2. The van der Waals surface area contributed by atoms with Gasteiger partial charge in [0.05, 0.1) is 11.0 Å². The molecule has 4 nitrogen and oxygen atoms in total. The Morgan fingerprint density at radius 2 is 1.90 bits per heavy atom. The number of hydrogen-bond acceptors (Lipinski definition) is 3. The molecule has 1 aromatic heterocycles. The molecule has 0 aliphatic heterocycles. The van der Waals surface area contributed by atoms with E-state index in [0.717, 1.165) is 22.3 Å². The van der Waals surface area contributed by atoms with Gasteiger partial charge in [-0.3, -0.25) is 4.79 Å². The number of rotatable bonds is 4. The zero-order chi connectivity index (χ0) is 13.9. The van der Waals surface area contributed by atoms with Crippen molar-refractivity contribution in [2.45, 2.75) is 13.3 Å². The van der Waals surface area contributed by atoms with Crippen molar-refractivity contribution in [3.8, 4) is 0 Å². The van der Waals surface area contributed by atoms with Crippen molar-refractivity contribution in [1.29, 1.82) is 0 Å². The monoisotopic (exact) mass is 265 g/mol. The second-order valence-corrected chi connectivity index (χ2v) is 4.80. The molecule has 0 aliphatic carbocycles. The molecule has 1 heterocycles. The highest BCUT2D eigenvalue weighted by Crippen LogP contribution is 2.18. The number of ketones is 1. The van der Waals surface area contributed by atoms with Crippen LogP contribution in [0.4, 0.5) is 11.6 Å². The molecule has 0 fully saturated rings. The van der Waals surface area contributed by atoms with E-state index in [1.165, 1.54) is 0 Å². The molecule has 0 saturated heterocycles. The molecule has 4 heteroatoms. The number of hydrogen-bond donors (Lipinski definition) is 2. The van der Waals surface area contributed by atoms with Gasteiger partial charge in [-0.15, -0.1) is 0 Å². The van der Waals surface area contributed by atoms with Crippen molar-refractivity contribution >= 4 is 28.5 Å². The average molecular weight is 265 g/mol. The van der Waals surface area contributed by atoms with Crippen LogP contribution in [-0.2, 0) is 11.2 Å². The third-order valence-corrected chi connectivity index (χ3v) is 3.06. The molecule has 0 atom stereocenters. The first-order valence-electron chi connectivity index (χ1n) is 6.51. The number of para-hydroxylation sites is 2. The van der Waals surface area contributed by atoms with Crippen LogP contribution in [0.3, 0.4) is 0 Å². The van der Waals surface area contributed by atoms with Crippen LogP contribution < -0.4 is 5.32 Å². The van der Waals surface area contributed by atoms with E-state index in [2.05, 4.69) is 15.3 Å². The SMILES string of the molecule is CC(=O)Cc1ccc(Nc2nc3ccccc3[nH]2)cc1. The lowest BCUT2D eigenvalue weighted by Crippen LogP contribution is -1.97. The summed E-state index contributed by atoms with van der Waals surface area (Å²) in [5.41, 5.74) is 3.90. The van der Waals surface area contributed by atoms with Gasteiger partial charge in [0.25, 0.3) is 0 Å². The number of benzene rings is 2. The number of nitrogens with one attached hydrogen (secondary N) is 2. The van der Waals surface area contributed by atoms with Crippen LogP contribution in [0.1, 0.15) is 12.5 Å². The Morgan fingerprint density at radius 1 is 1.15 bits per heavy atom. The molecule has 3 aromatic rings. The van der Waals surface area contributed by atoms with E-state index in [9.17, 15) is 4.79 Å². The van der Waals surface area contributed by atoms with Crippen LogP contribution in [0, 0.1) is 0 Å². The summed E-state index contributed by atoms with van der Waals surface area (Å²) in [6, 6.07) is 15.7. The van der Waals surface area contributed by atoms with Crippen molar-refractivity contribution in [3.05, 3.63) is 54.1 Å². The number of aromatic amines is 1. The first-order chi connectivity index (χ1) is 9.70. The quantitative estimate of drug-likeness (QED) is 0.759. The molecule has 0 spiro atoms. The van der Waals surface area contributed by atoms with Crippen molar-refractivity contribution in [3.63, 3.8) is 0 Å². The van der Waals surface area contributed by atoms with Gasteiger partial charge in [0.2, 0.25) is 5.95 Å². The molecule has 0 amide bonds. The third-order valence-electron chi connectivity index (χ3n) is 3.06. The van der Waals surface area contributed by atoms with Gasteiger partial charge >= 0.3 is 0 Å². The number of fused-ring (bicyclic) bond motifs is 1. The molecular formula is C16H15N3O. The van der Waals surface area contributed by atoms with E-state index in [1.807, 2.05) is 48.5 Å². The molecule has 0 radical (unpaired) electrons. The molecule has 0 unspecified atom stereocenters. The molecule has 2 aromatic carbocycles. The minimum atomic E-state index is 0.169. The molecule has 2 N–H and O–H groups in total. The number of carbonyl (C=O) groups excluding carboxylic acids is 1. The molecule has 20 heavy (non-hydrogen) atoms. The summed E-state index contributed by atoms with van der Waals surface area (Å²) in [5.74, 6) is 0.883. The topological polar surface area (TPSA) is 57.8 Å². The van der Waals surface area contributed by atoms with Crippen LogP contribution in [-0.4, -0.2) is 15.8 Å². The number of imidazole rings is 1. The first-order valence-corrected chi connectivity index (χ1v) is 6.51. The third kappa shape index (κ3) is 2.69. The van der Waals surface area contributed by atoms with Gasteiger partial charge in [0, 0.05) is 12.1 Å². The molecular weight excluding hydrogens is 250 g/mol. The van der Waals surface area contributed by atoms with Gasteiger partial charge in [-0.05, 0) is 36.8 Å². The van der Waals surface area contributed by atoms with Crippen LogP contribution in [0.25, 0.3) is 11.0 Å². The van der Waals surface area contributed by atoms with Crippen molar-refractivity contribution in [1.82, 2.24) is 9.97 Å². The summed E-state index contributed by atoms with van der Waals surface area (Å²) in [5, 5.41) is 3.22. The minimum absolute atomic E-state index is 0.169. The molecule has 3 rings (SSSR count). The molecule has 0 aliphatic rings. The summed E-state index contributed by atoms with van der Waals surface area (Å²) in [4.78, 5) is 18.7. The largest absolute Gasteiger partial charge is 0.326 e. The number of Topliss-reactive ketones (excluding diaryl/α,β-unsaturated/α-hetero) is 1. The van der Waals surface area contributed by atoms with Gasteiger partial charge in [0.1, 0.15) is 5.78 Å². The fraction of sp³-hybridized carbons (Fsp3) is 0.125. The number of nitrogens with zero attached hydrogens (tertiary/aromatic N) is 1. The lowest BCUT2D eigenvalue weighted by Gasteiger charge is -2.04. The Hall–Kier alpha value is -2.62. The Bertz CT molecular complexity index is 711. The van der Waals surface area contributed by atoms with Crippen molar-refractivity contribution < 1.29 is 4.79 Å². The summed E-state index contributed by atoms with van der Waals surface area (Å²) < 4.78 is 0. The highest BCUT2D eigenvalue weighted by molar-refractivity contribution is 5.79. The fourth-order valence-corrected chi connectivity index (χ4v) is 2.14. The summed E-state index contributed by atoms with van der Waals surface area (Å²) >= 11 is 0. The van der Waals surface area contributed by atoms with Gasteiger partial charge in [-0.25, -0.2) is 4.98 Å². The minimum Gasteiger partial charge on any atom is -0.326 e. The van der Waals surface area contributed by atoms with Gasteiger partial charge < -0.3 is 10.3 Å². The fourth-order valence-electron chi connectivity index (χ4n) is 2.14. The van der Waals surface area contributed by atoms with E-state index in [0.29, 0.717) is 12.4 Å². The van der Waals surface area contributed by atoms with Crippen molar-refractivity contribution in [2.75, 3.05) is 5.32 Å². The summed E-state index contributed by atoms with van der Waals surface area (Å²) in [7, 11) is 0. The van der Waals surface area contributed by atoms with Crippen LogP contribution in [0.5, 0.6) is 0 Å². The maximum atomic E-state index is 11.1. The lowest BCUT2D eigenvalue weighted by molar-refractivity contribution is -0.116. The maximum Gasteiger partial charge on any atom is 0.205 e. The standard InChI is InChI=1S/C16H15N3O/c1-11(20)10-12-6-8-13(9-7-12)17-16-18-14-4-2-3-5-15(14)19-16/h2-9H,10H2,1H3,(H2,17,18,19). The lowest BCUT2D eigenvalue weighted by atomic mass is 10.1. The second-order valence-electron chi connectivity index (χ2n) is 4.80. The van der Waals surface area contributed by atoms with E-state index < -0.39 is 0 Å². The Labute approximate surface area is 116 Å². The van der Waals surface area contributed by atoms with Crippen LogP contribution >= 0.6 is 0 Å². The Morgan fingerprint density at radius 3 is 2.60 bits per heavy atom. The summed E-state index contributed by atoms with van der Waals surface area (Å²) in [6.45, 7) is 1.60. The number of aromatic nitrogens is 2. The Kier molecular flexibility index (Phi) is 3.21. The van der Waals surface area contributed by atoms with E-state index in [4.69, 9.17) is 0 Å². The number of anilines is 2. The van der Waals surface area contributed by atoms with Crippen molar-refractivity contribution in [2.24, 2.45) is 0 Å². The Balaban J connectivity index is 1.78. The highest BCUT2D eigenvalue weighted by Gasteiger charge is 2.02. The van der Waals surface area contributed by atoms with Gasteiger partial charge in [0.15, 0.2) is 0 Å². The number of carbonyl (C=O) groups is 1. The smallest absolute Gasteiger partial charge is 0.205 e. The average Bonchev–Trinajstić information content (AvgIpc) is 2.82. The molecule has 0 bridgehead atoms. The van der Waals surface area contributed by atoms with Gasteiger partial charge in [-0.1, -0.05) is 24.3 Å². The zero-order valence-corrected chi connectivity index (χ0v) is 11.2. The normalized spacial score (nSPS) is 10.7. The maximum absolute atomic E-state index is 11.1. The van der Waals surface area contributed by atoms with Crippen LogP contribution in [0.2, 0.25) is 0 Å². The number of H-pyrrole nitrogens is 1. The van der Waals surface area contributed by atoms with Gasteiger partial charge in [-0.2, -0.15) is 0 Å². The molecule has 100 valence electrons. The predicted octanol–water partition coefficient (Wildman–Crippen LogP) is 3.44. The van der Waals surface area contributed by atoms with E-state index in [-0.39, 0.29) is 5.78 Å². The second kappa shape index (κ2) is 5.17. The van der Waals surface area contributed by atoms with Crippen LogP contribution in [0.15, 0.2) is 48.5 Å². The van der Waals surface area contributed by atoms with E-state index >= 15 is 0 Å².